The van der Waals surface area contributed by atoms with Crippen LogP contribution in [-0.4, -0.2) is 10.9 Å². The Balaban J connectivity index is 2.28. The predicted octanol–water partition coefficient (Wildman–Crippen LogP) is 2.88. The van der Waals surface area contributed by atoms with E-state index in [1.807, 2.05) is 12.4 Å². The fraction of sp³-hybridized carbons (Fsp3) is 0.400. The van der Waals surface area contributed by atoms with E-state index in [4.69, 9.17) is 0 Å². The zero-order valence-electron chi connectivity index (χ0n) is 10.1. The van der Waals surface area contributed by atoms with E-state index in [0.717, 1.165) is 18.8 Å². The molecule has 1 atom stereocenters. The van der Waals surface area contributed by atoms with Gasteiger partial charge >= 0.3 is 0 Å². The number of aromatic nitrogens is 1. The van der Waals surface area contributed by atoms with Crippen LogP contribution in [-0.2, 0) is 24.2 Å². The molecule has 1 aromatic carbocycles. The second kappa shape index (κ2) is 4.02. The number of rotatable bonds is 2. The van der Waals surface area contributed by atoms with Gasteiger partial charge in [-0.25, -0.2) is 0 Å². The Morgan fingerprint density at radius 2 is 2.24 bits per heavy atom. The van der Waals surface area contributed by atoms with Gasteiger partial charge in [0.05, 0.1) is 6.54 Å². The molecule has 1 aliphatic rings. The van der Waals surface area contributed by atoms with Gasteiger partial charge in [0.25, 0.3) is 0 Å². The highest BCUT2D eigenvalue weighted by atomic mass is 16.1. The minimum atomic E-state index is 0.365. The van der Waals surface area contributed by atoms with E-state index in [2.05, 4.69) is 29.7 Å². The maximum absolute atomic E-state index is 10.7. The summed E-state index contributed by atoms with van der Waals surface area (Å²) in [6.45, 7) is 2.67. The number of hydrogen-bond donors (Lipinski definition) is 0. The van der Waals surface area contributed by atoms with Crippen LogP contribution in [0.5, 0.6) is 0 Å². The SMILES string of the molecule is CC1CCc2c(c3ccccc3n2C[C]=O)C1. The molecule has 2 nitrogen and oxygen atoms in total. The summed E-state index contributed by atoms with van der Waals surface area (Å²) in [5, 5.41) is 1.32. The largest absolute Gasteiger partial charge is 0.336 e. The molecule has 0 spiro atoms. The van der Waals surface area contributed by atoms with Crippen molar-refractivity contribution in [3.63, 3.8) is 0 Å². The van der Waals surface area contributed by atoms with Crippen LogP contribution in [0.1, 0.15) is 24.6 Å². The summed E-state index contributed by atoms with van der Waals surface area (Å²) in [7, 11) is 0. The van der Waals surface area contributed by atoms with E-state index < -0.39 is 0 Å². The van der Waals surface area contributed by atoms with Gasteiger partial charge in [0.2, 0.25) is 6.29 Å². The van der Waals surface area contributed by atoms with Gasteiger partial charge in [-0.15, -0.1) is 0 Å². The first-order chi connectivity index (χ1) is 8.31. The van der Waals surface area contributed by atoms with Crippen LogP contribution in [0.15, 0.2) is 24.3 Å². The lowest BCUT2D eigenvalue weighted by molar-refractivity contribution is 0.487. The quantitative estimate of drug-likeness (QED) is 0.771. The van der Waals surface area contributed by atoms with Crippen molar-refractivity contribution >= 4 is 17.2 Å². The van der Waals surface area contributed by atoms with Crippen molar-refractivity contribution in [2.45, 2.75) is 32.7 Å². The van der Waals surface area contributed by atoms with Gasteiger partial charge in [0, 0.05) is 16.6 Å². The van der Waals surface area contributed by atoms with Crippen LogP contribution in [0, 0.1) is 5.92 Å². The van der Waals surface area contributed by atoms with E-state index in [1.165, 1.54) is 28.6 Å². The van der Waals surface area contributed by atoms with Crippen molar-refractivity contribution in [1.29, 1.82) is 0 Å². The number of hydrogen-bond acceptors (Lipinski definition) is 1. The van der Waals surface area contributed by atoms with E-state index in [-0.39, 0.29) is 0 Å². The van der Waals surface area contributed by atoms with Crippen molar-refractivity contribution in [2.24, 2.45) is 5.92 Å². The van der Waals surface area contributed by atoms with Gasteiger partial charge in [-0.1, -0.05) is 25.1 Å². The molecular weight excluding hydrogens is 210 g/mol. The number of carbonyl (C=O) groups excluding carboxylic acids is 1. The molecule has 0 aliphatic heterocycles. The van der Waals surface area contributed by atoms with Gasteiger partial charge in [-0.3, -0.25) is 4.79 Å². The summed E-state index contributed by atoms with van der Waals surface area (Å²) in [6, 6.07) is 8.40. The fourth-order valence-corrected chi connectivity index (χ4v) is 3.02. The van der Waals surface area contributed by atoms with Crippen molar-refractivity contribution in [3.05, 3.63) is 35.5 Å². The fourth-order valence-electron chi connectivity index (χ4n) is 3.02. The molecule has 1 heterocycles. The predicted molar refractivity (Wildman–Crippen MR) is 68.8 cm³/mol. The maximum atomic E-state index is 10.7. The Morgan fingerprint density at radius 3 is 3.06 bits per heavy atom. The van der Waals surface area contributed by atoms with Crippen molar-refractivity contribution in [1.82, 2.24) is 4.57 Å². The highest BCUT2D eigenvalue weighted by Crippen LogP contribution is 2.33. The van der Waals surface area contributed by atoms with Gasteiger partial charge in [0.1, 0.15) is 0 Å². The van der Waals surface area contributed by atoms with Crippen molar-refractivity contribution < 1.29 is 4.79 Å². The summed E-state index contributed by atoms with van der Waals surface area (Å²) in [4.78, 5) is 10.7. The molecule has 0 amide bonds. The smallest absolute Gasteiger partial charge is 0.219 e. The van der Waals surface area contributed by atoms with Crippen molar-refractivity contribution in [3.8, 4) is 0 Å². The average Bonchev–Trinajstić information content (AvgIpc) is 2.65. The molecule has 2 heteroatoms. The third kappa shape index (κ3) is 1.59. The Kier molecular flexibility index (Phi) is 2.50. The third-order valence-corrected chi connectivity index (χ3v) is 3.84. The van der Waals surface area contributed by atoms with E-state index in [9.17, 15) is 4.79 Å². The normalized spacial score (nSPS) is 19.2. The van der Waals surface area contributed by atoms with Crippen LogP contribution in [0.3, 0.4) is 0 Å². The molecule has 0 N–H and O–H groups in total. The van der Waals surface area contributed by atoms with Gasteiger partial charge in [0.15, 0.2) is 0 Å². The maximum Gasteiger partial charge on any atom is 0.219 e. The lowest BCUT2D eigenvalue weighted by atomic mass is 9.88. The molecule has 1 aliphatic carbocycles. The molecule has 87 valence electrons. The monoisotopic (exact) mass is 226 g/mol. The minimum absolute atomic E-state index is 0.365. The van der Waals surface area contributed by atoms with Gasteiger partial charge < -0.3 is 4.57 Å². The first kappa shape index (κ1) is 10.6. The van der Waals surface area contributed by atoms with Crippen LogP contribution < -0.4 is 0 Å². The zero-order chi connectivity index (χ0) is 11.8. The van der Waals surface area contributed by atoms with Crippen molar-refractivity contribution in [2.75, 3.05) is 0 Å². The molecule has 2 aromatic rings. The molecule has 1 aromatic heterocycles. The summed E-state index contributed by atoms with van der Waals surface area (Å²) in [5.74, 6) is 0.752. The highest BCUT2D eigenvalue weighted by Gasteiger charge is 2.22. The van der Waals surface area contributed by atoms with Crippen LogP contribution >= 0.6 is 0 Å². The lowest BCUT2D eigenvalue weighted by Gasteiger charge is -2.20. The second-order valence-corrected chi connectivity index (χ2v) is 5.02. The summed E-state index contributed by atoms with van der Waals surface area (Å²) in [5.41, 5.74) is 4.00. The molecule has 1 unspecified atom stereocenters. The molecule has 0 fully saturated rings. The van der Waals surface area contributed by atoms with E-state index in [0.29, 0.717) is 6.54 Å². The van der Waals surface area contributed by atoms with E-state index >= 15 is 0 Å². The lowest BCUT2D eigenvalue weighted by Crippen LogP contribution is -2.14. The number of nitrogens with zero attached hydrogens (tertiary/aromatic N) is 1. The van der Waals surface area contributed by atoms with Gasteiger partial charge in [-0.2, -0.15) is 0 Å². The molecule has 0 saturated carbocycles. The Morgan fingerprint density at radius 1 is 1.41 bits per heavy atom. The molecular formula is C15H16NO. The molecule has 3 rings (SSSR count). The Hall–Kier alpha value is -1.57. The summed E-state index contributed by atoms with van der Waals surface area (Å²) < 4.78 is 2.14. The molecule has 0 saturated heterocycles. The summed E-state index contributed by atoms with van der Waals surface area (Å²) in [6.07, 6.45) is 5.49. The zero-order valence-corrected chi connectivity index (χ0v) is 10.1. The van der Waals surface area contributed by atoms with Crippen LogP contribution in [0.4, 0.5) is 0 Å². The first-order valence-electron chi connectivity index (χ1n) is 6.25. The number of para-hydroxylation sites is 1. The van der Waals surface area contributed by atoms with E-state index in [1.54, 1.807) is 0 Å². The number of fused-ring (bicyclic) bond motifs is 3. The minimum Gasteiger partial charge on any atom is -0.336 e. The highest BCUT2D eigenvalue weighted by molar-refractivity contribution is 5.86. The Bertz CT molecular complexity index is 568. The Labute approximate surface area is 101 Å². The van der Waals surface area contributed by atoms with Crippen LogP contribution in [0.2, 0.25) is 0 Å². The average molecular weight is 226 g/mol. The first-order valence-corrected chi connectivity index (χ1v) is 6.25. The van der Waals surface area contributed by atoms with Gasteiger partial charge in [-0.05, 0) is 36.8 Å². The number of benzene rings is 1. The summed E-state index contributed by atoms with van der Waals surface area (Å²) >= 11 is 0. The topological polar surface area (TPSA) is 22.0 Å². The molecule has 17 heavy (non-hydrogen) atoms. The third-order valence-electron chi connectivity index (χ3n) is 3.84. The standard InChI is InChI=1S/C15H16NO/c1-11-6-7-15-13(10-11)12-4-2-3-5-14(12)16(15)8-9-17/h2-5,11H,6-8,10H2,1H3. The van der Waals surface area contributed by atoms with Crippen LogP contribution in [0.25, 0.3) is 10.9 Å². The second-order valence-electron chi connectivity index (χ2n) is 5.02. The molecule has 1 radical (unpaired) electrons. The molecule has 0 bridgehead atoms.